The Morgan fingerprint density at radius 2 is 2.17 bits per heavy atom. The van der Waals surface area contributed by atoms with Gasteiger partial charge in [0.1, 0.15) is 5.54 Å². The molecule has 1 aromatic heterocycles. The molecule has 0 fully saturated rings. The maximum Gasteiger partial charge on any atom is 0.328 e. The molecule has 0 aromatic carbocycles. The van der Waals surface area contributed by atoms with Crippen LogP contribution >= 0.6 is 0 Å². The highest BCUT2D eigenvalue weighted by Gasteiger charge is 2.33. The number of ether oxygens (including phenoxy) is 1. The van der Waals surface area contributed by atoms with Crippen LogP contribution in [0.4, 0.5) is 5.82 Å². The van der Waals surface area contributed by atoms with E-state index in [1.165, 1.54) is 12.4 Å². The number of hydrogen-bond acceptors (Lipinski definition) is 5. The summed E-state index contributed by atoms with van der Waals surface area (Å²) in [5.41, 5.74) is -1.06. The highest BCUT2D eigenvalue weighted by molar-refractivity contribution is 5.81. The predicted molar refractivity (Wildman–Crippen MR) is 67.9 cm³/mol. The molecule has 100 valence electrons. The largest absolute Gasteiger partial charge is 0.480 e. The first-order valence-corrected chi connectivity index (χ1v) is 5.81. The predicted octanol–water partition coefficient (Wildman–Crippen LogP) is 1.56. The zero-order valence-electron chi connectivity index (χ0n) is 11.2. The van der Waals surface area contributed by atoms with Crippen molar-refractivity contribution in [1.82, 2.24) is 9.97 Å². The Morgan fingerprint density at radius 1 is 1.50 bits per heavy atom. The molecule has 0 saturated heterocycles. The van der Waals surface area contributed by atoms with Gasteiger partial charge < -0.3 is 14.7 Å². The second-order valence-corrected chi connectivity index (χ2v) is 4.49. The number of anilines is 1. The van der Waals surface area contributed by atoms with Gasteiger partial charge in [-0.05, 0) is 20.3 Å². The van der Waals surface area contributed by atoms with E-state index in [0.29, 0.717) is 18.3 Å². The van der Waals surface area contributed by atoms with E-state index >= 15 is 0 Å². The summed E-state index contributed by atoms with van der Waals surface area (Å²) in [7, 11) is 1.67. The molecular weight excluding hydrogens is 234 g/mol. The van der Waals surface area contributed by atoms with Gasteiger partial charge in [0.25, 0.3) is 0 Å². The molecule has 0 saturated carbocycles. The summed E-state index contributed by atoms with van der Waals surface area (Å²) in [6, 6.07) is 0. The minimum atomic E-state index is -1.06. The molecule has 1 heterocycles. The standard InChI is InChI=1S/C12H19N3O3/c1-5-6-18-10-8-13-7-9(14-10)15(4)12(2,3)11(16)17/h7-8H,5-6H2,1-4H3,(H,16,17). The molecule has 1 rings (SSSR count). The van der Waals surface area contributed by atoms with Crippen molar-refractivity contribution in [3.8, 4) is 5.88 Å². The van der Waals surface area contributed by atoms with Crippen molar-refractivity contribution >= 4 is 11.8 Å². The van der Waals surface area contributed by atoms with Crippen LogP contribution in [0.25, 0.3) is 0 Å². The van der Waals surface area contributed by atoms with Crippen LogP contribution in [-0.2, 0) is 4.79 Å². The number of hydrogen-bond donors (Lipinski definition) is 1. The number of rotatable bonds is 6. The van der Waals surface area contributed by atoms with E-state index in [-0.39, 0.29) is 0 Å². The fraction of sp³-hybridized carbons (Fsp3) is 0.583. The maximum atomic E-state index is 11.2. The Balaban J connectivity index is 2.92. The van der Waals surface area contributed by atoms with Gasteiger partial charge >= 0.3 is 5.97 Å². The Bertz CT molecular complexity index is 421. The van der Waals surface area contributed by atoms with Crippen LogP contribution in [0.5, 0.6) is 5.88 Å². The van der Waals surface area contributed by atoms with Crippen molar-refractivity contribution in [2.24, 2.45) is 0 Å². The van der Waals surface area contributed by atoms with Crippen LogP contribution in [0, 0.1) is 0 Å². The van der Waals surface area contributed by atoms with Crippen molar-refractivity contribution in [2.45, 2.75) is 32.7 Å². The average molecular weight is 253 g/mol. The van der Waals surface area contributed by atoms with Gasteiger partial charge in [0.05, 0.1) is 19.0 Å². The fourth-order valence-electron chi connectivity index (χ4n) is 1.21. The smallest absolute Gasteiger partial charge is 0.328 e. The number of likely N-dealkylation sites (N-methyl/N-ethyl adjacent to an activating group) is 1. The first-order chi connectivity index (χ1) is 8.39. The van der Waals surface area contributed by atoms with Gasteiger partial charge in [0, 0.05) is 7.05 Å². The van der Waals surface area contributed by atoms with E-state index in [1.807, 2.05) is 6.92 Å². The van der Waals surface area contributed by atoms with Gasteiger partial charge in [0.2, 0.25) is 5.88 Å². The second kappa shape index (κ2) is 5.66. The lowest BCUT2D eigenvalue weighted by Crippen LogP contribution is -2.48. The van der Waals surface area contributed by atoms with Gasteiger partial charge in [0.15, 0.2) is 5.82 Å². The Hall–Kier alpha value is -1.85. The van der Waals surface area contributed by atoms with Gasteiger partial charge in [-0.25, -0.2) is 4.79 Å². The lowest BCUT2D eigenvalue weighted by Gasteiger charge is -2.32. The molecule has 1 aromatic rings. The lowest BCUT2D eigenvalue weighted by atomic mass is 10.0. The van der Waals surface area contributed by atoms with E-state index < -0.39 is 11.5 Å². The monoisotopic (exact) mass is 253 g/mol. The summed E-state index contributed by atoms with van der Waals surface area (Å²) >= 11 is 0. The van der Waals surface area contributed by atoms with Crippen LogP contribution in [0.1, 0.15) is 27.2 Å². The molecule has 0 amide bonds. The molecule has 6 nitrogen and oxygen atoms in total. The zero-order chi connectivity index (χ0) is 13.8. The van der Waals surface area contributed by atoms with Gasteiger partial charge in [-0.3, -0.25) is 4.98 Å². The van der Waals surface area contributed by atoms with Crippen LogP contribution in [0.2, 0.25) is 0 Å². The highest BCUT2D eigenvalue weighted by atomic mass is 16.5. The van der Waals surface area contributed by atoms with Crippen LogP contribution in [0.3, 0.4) is 0 Å². The van der Waals surface area contributed by atoms with Crippen molar-refractivity contribution in [1.29, 1.82) is 0 Å². The summed E-state index contributed by atoms with van der Waals surface area (Å²) in [6.07, 6.45) is 3.91. The number of nitrogens with zero attached hydrogens (tertiary/aromatic N) is 3. The quantitative estimate of drug-likeness (QED) is 0.829. The Morgan fingerprint density at radius 3 is 2.72 bits per heavy atom. The first-order valence-electron chi connectivity index (χ1n) is 5.81. The van der Waals surface area contributed by atoms with Crippen molar-refractivity contribution in [2.75, 3.05) is 18.6 Å². The minimum absolute atomic E-state index is 0.405. The Labute approximate surface area is 107 Å². The number of carboxylic acids is 1. The van der Waals surface area contributed by atoms with Crippen molar-refractivity contribution in [3.05, 3.63) is 12.4 Å². The minimum Gasteiger partial charge on any atom is -0.480 e. The Kier molecular flexibility index (Phi) is 4.47. The normalized spacial score (nSPS) is 11.1. The highest BCUT2D eigenvalue weighted by Crippen LogP contribution is 2.21. The zero-order valence-corrected chi connectivity index (χ0v) is 11.2. The second-order valence-electron chi connectivity index (χ2n) is 4.49. The van der Waals surface area contributed by atoms with Crippen LogP contribution in [0.15, 0.2) is 12.4 Å². The number of carbonyl (C=O) groups is 1. The van der Waals surface area contributed by atoms with E-state index in [4.69, 9.17) is 9.84 Å². The molecule has 0 bridgehead atoms. The number of aromatic nitrogens is 2. The summed E-state index contributed by atoms with van der Waals surface area (Å²) in [6.45, 7) is 5.77. The van der Waals surface area contributed by atoms with Gasteiger partial charge in [-0.2, -0.15) is 4.98 Å². The molecule has 0 spiro atoms. The summed E-state index contributed by atoms with van der Waals surface area (Å²) in [5, 5.41) is 9.16. The molecule has 0 aliphatic carbocycles. The van der Waals surface area contributed by atoms with E-state index in [1.54, 1.807) is 25.8 Å². The molecule has 0 radical (unpaired) electrons. The summed E-state index contributed by atoms with van der Waals surface area (Å²) in [4.78, 5) is 21.0. The van der Waals surface area contributed by atoms with E-state index in [0.717, 1.165) is 6.42 Å². The number of aliphatic carboxylic acids is 1. The summed E-state index contributed by atoms with van der Waals surface area (Å²) < 4.78 is 5.37. The van der Waals surface area contributed by atoms with Gasteiger partial charge in [-0.15, -0.1) is 0 Å². The molecule has 18 heavy (non-hydrogen) atoms. The molecule has 6 heteroatoms. The molecule has 0 unspecified atom stereocenters. The van der Waals surface area contributed by atoms with Gasteiger partial charge in [-0.1, -0.05) is 6.92 Å². The molecule has 0 aliphatic heterocycles. The van der Waals surface area contributed by atoms with Crippen molar-refractivity contribution in [3.63, 3.8) is 0 Å². The fourth-order valence-corrected chi connectivity index (χ4v) is 1.21. The molecule has 0 atom stereocenters. The lowest BCUT2D eigenvalue weighted by molar-refractivity contribution is -0.142. The van der Waals surface area contributed by atoms with Crippen molar-refractivity contribution < 1.29 is 14.6 Å². The van der Waals surface area contributed by atoms with Crippen LogP contribution in [-0.4, -0.2) is 40.2 Å². The third-order valence-electron chi connectivity index (χ3n) is 2.76. The third-order valence-corrected chi connectivity index (χ3v) is 2.76. The topological polar surface area (TPSA) is 75.5 Å². The SMILES string of the molecule is CCCOc1cncc(N(C)C(C)(C)C(=O)O)n1. The van der Waals surface area contributed by atoms with E-state index in [9.17, 15) is 4.79 Å². The average Bonchev–Trinajstić information content (AvgIpc) is 2.35. The number of carboxylic acid groups (broad SMARTS) is 1. The molecule has 1 N–H and O–H groups in total. The third kappa shape index (κ3) is 3.09. The van der Waals surface area contributed by atoms with E-state index in [2.05, 4.69) is 9.97 Å². The molecular formula is C12H19N3O3. The maximum absolute atomic E-state index is 11.2. The summed E-state index contributed by atoms with van der Waals surface area (Å²) in [5.74, 6) is -0.0509. The van der Waals surface area contributed by atoms with Crippen LogP contribution < -0.4 is 9.64 Å². The first kappa shape index (κ1) is 14.2. The molecule has 0 aliphatic rings.